The van der Waals surface area contributed by atoms with Crippen molar-refractivity contribution in [3.63, 3.8) is 0 Å². The number of nitrogens with zero attached hydrogens (tertiary/aromatic N) is 3. The Kier molecular flexibility index (Phi) is 5.14. The van der Waals surface area contributed by atoms with Crippen LogP contribution in [0.2, 0.25) is 0 Å². The average molecular weight is 281 g/mol. The summed E-state index contributed by atoms with van der Waals surface area (Å²) < 4.78 is 12.2. The van der Waals surface area contributed by atoms with E-state index < -0.39 is 0 Å². The molecule has 0 aliphatic carbocycles. The molecule has 0 aromatic carbocycles. The lowest BCUT2D eigenvalue weighted by Gasteiger charge is -2.32. The fraction of sp³-hybridized carbons (Fsp3) is 0.714. The van der Waals surface area contributed by atoms with Crippen LogP contribution in [0.4, 0.5) is 0 Å². The van der Waals surface area contributed by atoms with Crippen molar-refractivity contribution in [2.45, 2.75) is 38.9 Å². The Morgan fingerprint density at radius 2 is 2.45 bits per heavy atom. The molecule has 0 bridgehead atoms. The Morgan fingerprint density at radius 1 is 1.65 bits per heavy atom. The van der Waals surface area contributed by atoms with Gasteiger partial charge in [-0.25, -0.2) is 0 Å². The molecule has 0 spiro atoms. The lowest BCUT2D eigenvalue weighted by Crippen LogP contribution is -2.49. The fourth-order valence-electron chi connectivity index (χ4n) is 2.28. The number of aromatic nitrogens is 2. The normalized spacial score (nSPS) is 21.6. The second-order valence-corrected chi connectivity index (χ2v) is 5.13. The van der Waals surface area contributed by atoms with E-state index in [0.717, 1.165) is 18.7 Å². The van der Waals surface area contributed by atoms with Gasteiger partial charge in [0.15, 0.2) is 0 Å². The molecule has 1 aromatic rings. The molecule has 112 valence electrons. The van der Waals surface area contributed by atoms with Gasteiger partial charge in [-0.2, -0.15) is 5.10 Å². The van der Waals surface area contributed by atoms with Crippen molar-refractivity contribution >= 4 is 5.97 Å². The number of hydrogen-bond donors (Lipinski definition) is 0. The van der Waals surface area contributed by atoms with E-state index >= 15 is 0 Å². The Hall–Kier alpha value is -1.40. The molecule has 2 unspecified atom stereocenters. The molecule has 0 N–H and O–H groups in total. The summed E-state index contributed by atoms with van der Waals surface area (Å²) in [5.74, 6) is -0.244. The van der Waals surface area contributed by atoms with Crippen LogP contribution in [-0.2, 0) is 20.8 Å². The minimum absolute atomic E-state index is 0.244. The summed E-state index contributed by atoms with van der Waals surface area (Å²) in [6, 6.07) is 2.07. The van der Waals surface area contributed by atoms with Crippen LogP contribution in [0.5, 0.6) is 0 Å². The first-order chi connectivity index (χ1) is 9.65. The number of hydrogen-bond acceptors (Lipinski definition) is 5. The topological polar surface area (TPSA) is 56.6 Å². The highest BCUT2D eigenvalue weighted by atomic mass is 16.5. The number of methoxy groups -OCH3 is 1. The van der Waals surface area contributed by atoms with Crippen LogP contribution in [0.3, 0.4) is 0 Å². The second-order valence-electron chi connectivity index (χ2n) is 5.13. The molecule has 1 aromatic heterocycles. The van der Waals surface area contributed by atoms with Crippen LogP contribution < -0.4 is 0 Å². The van der Waals surface area contributed by atoms with Crippen LogP contribution in [0.25, 0.3) is 0 Å². The smallest absolute Gasteiger partial charge is 0.325 e. The molecule has 1 aliphatic rings. The summed E-state index contributed by atoms with van der Waals surface area (Å²) in [5, 5.41) is 4.58. The van der Waals surface area contributed by atoms with Crippen molar-refractivity contribution in [2.75, 3.05) is 26.9 Å². The summed E-state index contributed by atoms with van der Waals surface area (Å²) in [7, 11) is 1.41. The second kappa shape index (κ2) is 6.85. The van der Waals surface area contributed by atoms with Gasteiger partial charge in [0, 0.05) is 25.3 Å². The molecule has 2 atom stereocenters. The zero-order valence-electron chi connectivity index (χ0n) is 12.4. The third-order valence-corrected chi connectivity index (χ3v) is 3.78. The molecular weight excluding hydrogens is 258 g/mol. The van der Waals surface area contributed by atoms with Gasteiger partial charge in [0.2, 0.25) is 0 Å². The third-order valence-electron chi connectivity index (χ3n) is 3.78. The minimum atomic E-state index is -0.331. The first-order valence-electron chi connectivity index (χ1n) is 7.09. The Labute approximate surface area is 119 Å². The highest BCUT2D eigenvalue weighted by Gasteiger charge is 2.30. The molecular formula is C14H23N3O3. The maximum atomic E-state index is 11.8. The minimum Gasteiger partial charge on any atom is -0.468 e. The molecule has 1 saturated heterocycles. The van der Waals surface area contributed by atoms with E-state index in [1.54, 1.807) is 0 Å². The maximum Gasteiger partial charge on any atom is 0.325 e. The van der Waals surface area contributed by atoms with Gasteiger partial charge >= 0.3 is 5.97 Å². The number of carbonyl (C=O) groups excluding carboxylic acids is 1. The van der Waals surface area contributed by atoms with E-state index in [1.165, 1.54) is 7.11 Å². The van der Waals surface area contributed by atoms with E-state index in [4.69, 9.17) is 9.47 Å². The largest absolute Gasteiger partial charge is 0.468 e. The number of rotatable bonds is 5. The van der Waals surface area contributed by atoms with Gasteiger partial charge in [-0.1, -0.05) is 6.92 Å². The maximum absolute atomic E-state index is 11.8. The van der Waals surface area contributed by atoms with Crippen LogP contribution >= 0.6 is 0 Å². The van der Waals surface area contributed by atoms with E-state index in [2.05, 4.69) is 23.8 Å². The predicted molar refractivity (Wildman–Crippen MR) is 74.3 cm³/mol. The Balaban J connectivity index is 2.03. The van der Waals surface area contributed by atoms with Crippen LogP contribution in [0.15, 0.2) is 12.3 Å². The van der Waals surface area contributed by atoms with Gasteiger partial charge in [0.1, 0.15) is 6.04 Å². The SMILES string of the molecule is CCC(C)n1ccc(CN2CCOCC2C(=O)OC)n1. The number of ether oxygens (including phenoxy) is 2. The quantitative estimate of drug-likeness (QED) is 0.760. The van der Waals surface area contributed by atoms with Gasteiger partial charge in [-0.05, 0) is 19.4 Å². The molecule has 6 heteroatoms. The lowest BCUT2D eigenvalue weighted by atomic mass is 10.2. The van der Waals surface area contributed by atoms with E-state index in [9.17, 15) is 4.79 Å². The molecule has 2 rings (SSSR count). The van der Waals surface area contributed by atoms with Crippen molar-refractivity contribution in [3.05, 3.63) is 18.0 Å². The average Bonchev–Trinajstić information content (AvgIpc) is 2.94. The number of carbonyl (C=O) groups is 1. The zero-order valence-corrected chi connectivity index (χ0v) is 12.4. The van der Waals surface area contributed by atoms with Crippen molar-refractivity contribution in [3.8, 4) is 0 Å². The van der Waals surface area contributed by atoms with Gasteiger partial charge in [0.25, 0.3) is 0 Å². The van der Waals surface area contributed by atoms with Gasteiger partial charge < -0.3 is 9.47 Å². The Bertz CT molecular complexity index is 447. The van der Waals surface area contributed by atoms with Crippen molar-refractivity contribution in [1.82, 2.24) is 14.7 Å². The third kappa shape index (κ3) is 3.37. The first kappa shape index (κ1) is 15.0. The molecule has 6 nitrogen and oxygen atoms in total. The van der Waals surface area contributed by atoms with E-state index in [1.807, 2.05) is 16.9 Å². The Morgan fingerprint density at radius 3 is 3.15 bits per heavy atom. The van der Waals surface area contributed by atoms with Gasteiger partial charge in [-0.3, -0.25) is 14.4 Å². The lowest BCUT2D eigenvalue weighted by molar-refractivity contribution is -0.153. The summed E-state index contributed by atoms with van der Waals surface area (Å²) >= 11 is 0. The van der Waals surface area contributed by atoms with Crippen LogP contribution in [0, 0.1) is 0 Å². The molecule has 1 fully saturated rings. The predicted octanol–water partition coefficient (Wildman–Crippen LogP) is 1.23. The van der Waals surface area contributed by atoms with Crippen molar-refractivity contribution in [1.29, 1.82) is 0 Å². The molecule has 0 radical (unpaired) electrons. The van der Waals surface area contributed by atoms with E-state index in [0.29, 0.717) is 25.8 Å². The number of morpholine rings is 1. The van der Waals surface area contributed by atoms with Crippen LogP contribution in [0.1, 0.15) is 32.0 Å². The van der Waals surface area contributed by atoms with E-state index in [-0.39, 0.29) is 12.0 Å². The zero-order chi connectivity index (χ0) is 14.5. The number of esters is 1. The monoisotopic (exact) mass is 281 g/mol. The first-order valence-corrected chi connectivity index (χ1v) is 7.09. The van der Waals surface area contributed by atoms with Gasteiger partial charge in [0.05, 0.1) is 26.0 Å². The fourth-order valence-corrected chi connectivity index (χ4v) is 2.28. The highest BCUT2D eigenvalue weighted by molar-refractivity contribution is 5.75. The van der Waals surface area contributed by atoms with Crippen molar-refractivity contribution < 1.29 is 14.3 Å². The standard InChI is InChI=1S/C14H23N3O3/c1-4-11(2)17-6-5-12(15-17)9-16-7-8-20-10-13(16)14(18)19-3/h5-6,11,13H,4,7-10H2,1-3H3. The van der Waals surface area contributed by atoms with Gasteiger partial charge in [-0.15, -0.1) is 0 Å². The molecule has 0 amide bonds. The summed E-state index contributed by atoms with van der Waals surface area (Å²) in [5.41, 5.74) is 0.973. The molecule has 0 saturated carbocycles. The molecule has 2 heterocycles. The molecule has 1 aliphatic heterocycles. The summed E-state index contributed by atoms with van der Waals surface area (Å²) in [6.45, 7) is 6.67. The van der Waals surface area contributed by atoms with Crippen molar-refractivity contribution in [2.24, 2.45) is 0 Å². The highest BCUT2D eigenvalue weighted by Crippen LogP contribution is 2.14. The summed E-state index contributed by atoms with van der Waals surface area (Å²) in [6.07, 6.45) is 3.04. The molecule has 20 heavy (non-hydrogen) atoms. The summed E-state index contributed by atoms with van der Waals surface area (Å²) in [4.78, 5) is 13.8. The van der Waals surface area contributed by atoms with Crippen LogP contribution in [-0.4, -0.2) is 53.6 Å².